The van der Waals surface area contributed by atoms with Crippen LogP contribution >= 0.6 is 24.8 Å². The Hall–Kier alpha value is -1.34. The lowest BCUT2D eigenvalue weighted by atomic mass is 9.97. The van der Waals surface area contributed by atoms with Crippen molar-refractivity contribution >= 4 is 30.5 Å². The smallest absolute Gasteiger partial charge is 0.311 e. The minimum absolute atomic E-state index is 0. The maximum absolute atomic E-state index is 11.2. The highest BCUT2D eigenvalue weighted by Gasteiger charge is 2.25. The summed E-state index contributed by atoms with van der Waals surface area (Å²) in [6.07, 6.45) is 0.795. The van der Waals surface area contributed by atoms with Gasteiger partial charge in [0.2, 0.25) is 0 Å². The van der Waals surface area contributed by atoms with Gasteiger partial charge in [0.05, 0.1) is 12.0 Å². The summed E-state index contributed by atoms with van der Waals surface area (Å²) in [7, 11) is 1.45. The van der Waals surface area contributed by atoms with Crippen molar-refractivity contribution in [3.05, 3.63) is 46.0 Å². The molecule has 0 radical (unpaired) electrons. The predicted octanol–water partition coefficient (Wildman–Crippen LogP) is 3.36. The lowest BCUT2D eigenvalue weighted by Crippen LogP contribution is -2.45. The van der Waals surface area contributed by atoms with E-state index in [1.54, 1.807) is 12.1 Å². The number of hydrogen-bond acceptors (Lipinski definition) is 5. The van der Waals surface area contributed by atoms with Crippen LogP contribution in [0.2, 0.25) is 0 Å². The number of nitrogens with zero attached hydrogens (tertiary/aromatic N) is 2. The molecule has 1 heterocycles. The van der Waals surface area contributed by atoms with Gasteiger partial charge in [0.25, 0.3) is 0 Å². The maximum Gasteiger partial charge on any atom is 0.311 e. The largest absolute Gasteiger partial charge is 0.490 e. The highest BCUT2D eigenvalue weighted by molar-refractivity contribution is 5.85. The molecule has 24 heavy (non-hydrogen) atoms. The monoisotopic (exact) mass is 377 g/mol. The summed E-state index contributed by atoms with van der Waals surface area (Å²) in [4.78, 5) is 13.2. The molecule has 1 aromatic rings. The zero-order chi connectivity index (χ0) is 16.1. The van der Waals surface area contributed by atoms with Crippen molar-refractivity contribution in [1.29, 1.82) is 0 Å². The summed E-state index contributed by atoms with van der Waals surface area (Å²) in [5.41, 5.74) is 2.03. The molecular formula is C16H25Cl2N3O3. The van der Waals surface area contributed by atoms with E-state index in [2.05, 4.69) is 16.8 Å². The Kier molecular flexibility index (Phi) is 9.92. The molecule has 1 aliphatic rings. The number of methoxy groups -OCH3 is 1. The fourth-order valence-electron chi connectivity index (χ4n) is 2.84. The van der Waals surface area contributed by atoms with E-state index in [0.717, 1.165) is 43.7 Å². The molecule has 0 amide bonds. The number of nitro benzene ring substituents is 1. The average Bonchev–Trinajstić information content (AvgIpc) is 2.52. The molecule has 1 aliphatic heterocycles. The van der Waals surface area contributed by atoms with Gasteiger partial charge < -0.3 is 10.1 Å². The Labute approximate surface area is 155 Å². The number of hydrogen-bond donors (Lipinski definition) is 1. The summed E-state index contributed by atoms with van der Waals surface area (Å²) in [5, 5.41) is 14.6. The van der Waals surface area contributed by atoms with Crippen molar-refractivity contribution in [2.75, 3.05) is 33.3 Å². The molecule has 0 spiro atoms. The van der Waals surface area contributed by atoms with Crippen molar-refractivity contribution in [3.63, 3.8) is 0 Å². The molecule has 8 heteroatoms. The zero-order valence-corrected chi connectivity index (χ0v) is 15.6. The molecule has 0 bridgehead atoms. The normalized spacial score (nSPS) is 15.6. The van der Waals surface area contributed by atoms with Gasteiger partial charge in [-0.25, -0.2) is 0 Å². The van der Waals surface area contributed by atoms with Gasteiger partial charge in [-0.15, -0.1) is 31.4 Å². The van der Waals surface area contributed by atoms with Crippen LogP contribution in [0.25, 0.3) is 0 Å². The van der Waals surface area contributed by atoms with Gasteiger partial charge in [0.15, 0.2) is 5.75 Å². The summed E-state index contributed by atoms with van der Waals surface area (Å²) in [6.45, 7) is 9.73. The molecule has 1 aromatic carbocycles. The third kappa shape index (κ3) is 5.63. The van der Waals surface area contributed by atoms with Gasteiger partial charge in [-0.3, -0.25) is 15.0 Å². The van der Waals surface area contributed by atoms with E-state index < -0.39 is 4.92 Å². The molecule has 1 saturated heterocycles. The quantitative estimate of drug-likeness (QED) is 0.467. The molecule has 1 fully saturated rings. The lowest BCUT2D eigenvalue weighted by Gasteiger charge is -2.35. The number of piperazine rings is 1. The Bertz CT molecular complexity index is 563. The fourth-order valence-corrected chi connectivity index (χ4v) is 2.84. The van der Waals surface area contributed by atoms with Crippen LogP contribution in [0.3, 0.4) is 0 Å². The van der Waals surface area contributed by atoms with Crippen molar-refractivity contribution in [3.8, 4) is 5.75 Å². The first-order valence-corrected chi connectivity index (χ1v) is 7.44. The van der Waals surface area contributed by atoms with Gasteiger partial charge in [-0.1, -0.05) is 11.6 Å². The van der Waals surface area contributed by atoms with Crippen molar-refractivity contribution in [2.24, 2.45) is 0 Å². The van der Waals surface area contributed by atoms with E-state index in [1.807, 2.05) is 13.0 Å². The molecule has 136 valence electrons. The lowest BCUT2D eigenvalue weighted by molar-refractivity contribution is -0.385. The highest BCUT2D eigenvalue weighted by Crippen LogP contribution is 2.34. The molecule has 0 aromatic heterocycles. The topological polar surface area (TPSA) is 67.6 Å². The van der Waals surface area contributed by atoms with Gasteiger partial charge in [0, 0.05) is 38.3 Å². The minimum Gasteiger partial charge on any atom is -0.490 e. The number of nitro groups is 1. The zero-order valence-electron chi connectivity index (χ0n) is 14.0. The fraction of sp³-hybridized carbons (Fsp3) is 0.500. The molecule has 0 unspecified atom stereocenters. The van der Waals surface area contributed by atoms with Crippen LogP contribution in [0, 0.1) is 10.1 Å². The molecule has 6 nitrogen and oxygen atoms in total. The van der Waals surface area contributed by atoms with Crippen LogP contribution in [0.5, 0.6) is 5.75 Å². The van der Waals surface area contributed by atoms with Crippen LogP contribution in [0.15, 0.2) is 30.4 Å². The SMILES string of the molecule is C=C(C)C[C@H](c1ccc(OC)c([N+](=O)[O-])c1)N1CCNCC1.Cl.Cl. The predicted molar refractivity (Wildman–Crippen MR) is 101 cm³/mol. The third-order valence-corrected chi connectivity index (χ3v) is 3.92. The van der Waals surface area contributed by atoms with Gasteiger partial charge >= 0.3 is 5.69 Å². The highest BCUT2D eigenvalue weighted by atomic mass is 35.5. The maximum atomic E-state index is 11.2. The van der Waals surface area contributed by atoms with Crippen LogP contribution in [0.1, 0.15) is 24.9 Å². The first-order chi connectivity index (χ1) is 10.5. The molecule has 2 rings (SSSR count). The number of ether oxygens (including phenoxy) is 1. The van der Waals surface area contributed by atoms with Crippen molar-refractivity contribution in [2.45, 2.75) is 19.4 Å². The van der Waals surface area contributed by atoms with E-state index >= 15 is 0 Å². The van der Waals surface area contributed by atoms with Crippen molar-refractivity contribution in [1.82, 2.24) is 10.2 Å². The second-order valence-corrected chi connectivity index (χ2v) is 5.65. The Morgan fingerprint density at radius 3 is 2.54 bits per heavy atom. The van der Waals surface area contributed by atoms with Crippen LogP contribution in [0.4, 0.5) is 5.69 Å². The second kappa shape index (κ2) is 10.5. The van der Waals surface area contributed by atoms with E-state index in [-0.39, 0.29) is 36.5 Å². The second-order valence-electron chi connectivity index (χ2n) is 5.65. The first-order valence-electron chi connectivity index (χ1n) is 7.44. The average molecular weight is 378 g/mol. The summed E-state index contributed by atoms with van der Waals surface area (Å²) >= 11 is 0. The summed E-state index contributed by atoms with van der Waals surface area (Å²) < 4.78 is 5.09. The van der Waals surface area contributed by atoms with E-state index in [0.29, 0.717) is 5.75 Å². The van der Waals surface area contributed by atoms with Gasteiger partial charge in [-0.2, -0.15) is 0 Å². The number of nitrogens with one attached hydrogen (secondary N) is 1. The number of halogens is 2. The standard InChI is InChI=1S/C16H23N3O3.2ClH/c1-12(2)10-14(18-8-6-17-7-9-18)13-4-5-16(22-3)15(11-13)19(20)21;;/h4-5,11,14,17H,1,6-10H2,2-3H3;2*1H/t14-;;/m1../s1. The van der Waals surface area contributed by atoms with Gasteiger partial charge in [0.1, 0.15) is 0 Å². The molecule has 0 aliphatic carbocycles. The summed E-state index contributed by atoms with van der Waals surface area (Å²) in [5.74, 6) is 0.295. The van der Waals surface area contributed by atoms with Crippen LogP contribution in [-0.2, 0) is 0 Å². The molecular weight excluding hydrogens is 353 g/mol. The molecule has 1 atom stereocenters. The third-order valence-electron chi connectivity index (χ3n) is 3.92. The molecule has 0 saturated carbocycles. The first kappa shape index (κ1) is 22.7. The Morgan fingerprint density at radius 2 is 2.04 bits per heavy atom. The number of rotatable bonds is 6. The number of benzene rings is 1. The van der Waals surface area contributed by atoms with Gasteiger partial charge in [-0.05, 0) is 25.0 Å². The van der Waals surface area contributed by atoms with Crippen molar-refractivity contribution < 1.29 is 9.66 Å². The Balaban J connectivity index is 0.00000264. The Morgan fingerprint density at radius 1 is 1.42 bits per heavy atom. The molecule has 1 N–H and O–H groups in total. The van der Waals surface area contributed by atoms with E-state index in [9.17, 15) is 10.1 Å². The van der Waals surface area contributed by atoms with Crippen LogP contribution < -0.4 is 10.1 Å². The minimum atomic E-state index is -0.391. The van der Waals surface area contributed by atoms with E-state index in [4.69, 9.17) is 4.74 Å². The summed E-state index contributed by atoms with van der Waals surface area (Å²) in [6, 6.07) is 5.35. The van der Waals surface area contributed by atoms with E-state index in [1.165, 1.54) is 7.11 Å². The van der Waals surface area contributed by atoms with Crippen LogP contribution in [-0.4, -0.2) is 43.1 Å².